The Labute approximate surface area is 188 Å². The summed E-state index contributed by atoms with van der Waals surface area (Å²) >= 11 is 3.45. The highest BCUT2D eigenvalue weighted by atomic mass is 79.9. The number of fused-ring (bicyclic) bond motifs is 1. The molecule has 2 aliphatic rings. The molecule has 0 aliphatic carbocycles. The van der Waals surface area contributed by atoms with E-state index in [1.807, 2.05) is 24.3 Å². The Bertz CT molecular complexity index is 1050. The van der Waals surface area contributed by atoms with Gasteiger partial charge < -0.3 is 24.2 Å². The summed E-state index contributed by atoms with van der Waals surface area (Å²) in [6, 6.07) is 11.6. The summed E-state index contributed by atoms with van der Waals surface area (Å²) in [6.45, 7) is 1.64. The maximum Gasteiger partial charge on any atom is 0.295 e. The van der Waals surface area contributed by atoms with Crippen molar-refractivity contribution in [1.82, 2.24) is 4.90 Å². The predicted molar refractivity (Wildman–Crippen MR) is 117 cm³/mol. The van der Waals surface area contributed by atoms with E-state index in [4.69, 9.17) is 14.2 Å². The fourth-order valence-electron chi connectivity index (χ4n) is 3.86. The van der Waals surface area contributed by atoms with Gasteiger partial charge in [0.05, 0.1) is 11.6 Å². The molecule has 2 aromatic rings. The molecule has 31 heavy (non-hydrogen) atoms. The van der Waals surface area contributed by atoms with Crippen molar-refractivity contribution in [3.05, 3.63) is 63.6 Å². The maximum absolute atomic E-state index is 13.0. The number of hydrogen-bond acceptors (Lipinski definition) is 6. The molecule has 8 heteroatoms. The number of ether oxygens (including phenoxy) is 3. The number of methoxy groups -OCH3 is 1. The van der Waals surface area contributed by atoms with Crippen LogP contribution >= 0.6 is 15.9 Å². The quantitative estimate of drug-likeness (QED) is 0.289. The van der Waals surface area contributed by atoms with Crippen molar-refractivity contribution in [2.75, 3.05) is 33.5 Å². The molecule has 0 bridgehead atoms. The molecule has 7 nitrogen and oxygen atoms in total. The Balaban J connectivity index is 1.81. The zero-order valence-electron chi connectivity index (χ0n) is 17.0. The van der Waals surface area contributed by atoms with Gasteiger partial charge in [-0.1, -0.05) is 28.1 Å². The van der Waals surface area contributed by atoms with Gasteiger partial charge in [-0.25, -0.2) is 0 Å². The minimum Gasteiger partial charge on any atom is -0.507 e. The number of ketones is 1. The van der Waals surface area contributed by atoms with Gasteiger partial charge in [-0.05, 0) is 42.3 Å². The summed E-state index contributed by atoms with van der Waals surface area (Å²) in [4.78, 5) is 27.4. The summed E-state index contributed by atoms with van der Waals surface area (Å²) in [5.41, 5.74) is 1.17. The van der Waals surface area contributed by atoms with E-state index in [0.29, 0.717) is 49.8 Å². The van der Waals surface area contributed by atoms with Gasteiger partial charge >= 0.3 is 0 Å². The lowest BCUT2D eigenvalue weighted by molar-refractivity contribution is -0.140. The number of rotatable bonds is 6. The minimum absolute atomic E-state index is 0.0530. The molecule has 0 unspecified atom stereocenters. The van der Waals surface area contributed by atoms with Crippen LogP contribution < -0.4 is 9.47 Å². The Morgan fingerprint density at radius 2 is 1.94 bits per heavy atom. The number of amides is 1. The van der Waals surface area contributed by atoms with Crippen molar-refractivity contribution in [2.45, 2.75) is 12.5 Å². The molecule has 162 valence electrons. The van der Waals surface area contributed by atoms with Gasteiger partial charge in [0.2, 0.25) is 0 Å². The largest absolute Gasteiger partial charge is 0.507 e. The Kier molecular flexibility index (Phi) is 6.29. The second-order valence-corrected chi connectivity index (χ2v) is 8.17. The third-order valence-electron chi connectivity index (χ3n) is 5.27. The number of benzene rings is 2. The third-order valence-corrected chi connectivity index (χ3v) is 5.76. The van der Waals surface area contributed by atoms with Crippen molar-refractivity contribution in [3.8, 4) is 11.5 Å². The highest BCUT2D eigenvalue weighted by Gasteiger charge is 2.45. The van der Waals surface area contributed by atoms with E-state index in [2.05, 4.69) is 15.9 Å². The van der Waals surface area contributed by atoms with Crippen molar-refractivity contribution in [1.29, 1.82) is 0 Å². The normalized spacial score (nSPS) is 19.7. The van der Waals surface area contributed by atoms with E-state index in [9.17, 15) is 14.7 Å². The molecule has 2 aromatic carbocycles. The molecule has 0 spiro atoms. The first-order valence-corrected chi connectivity index (χ1v) is 10.7. The molecule has 1 saturated heterocycles. The van der Waals surface area contributed by atoms with E-state index in [1.54, 1.807) is 25.3 Å². The van der Waals surface area contributed by atoms with E-state index in [1.165, 1.54) is 4.90 Å². The van der Waals surface area contributed by atoms with Crippen LogP contribution in [-0.2, 0) is 14.3 Å². The summed E-state index contributed by atoms with van der Waals surface area (Å²) in [5, 5.41) is 11.1. The highest BCUT2D eigenvalue weighted by Crippen LogP contribution is 2.41. The Morgan fingerprint density at radius 3 is 2.68 bits per heavy atom. The molecule has 1 atom stereocenters. The first kappa shape index (κ1) is 21.4. The Hall–Kier alpha value is -2.84. The second kappa shape index (κ2) is 9.11. The van der Waals surface area contributed by atoms with E-state index >= 15 is 0 Å². The molecule has 0 radical (unpaired) electrons. The average Bonchev–Trinajstić information content (AvgIpc) is 3.03. The molecule has 0 aromatic heterocycles. The van der Waals surface area contributed by atoms with Gasteiger partial charge in [0.1, 0.15) is 19.0 Å². The lowest BCUT2D eigenvalue weighted by Gasteiger charge is -2.25. The molecular weight excluding hydrogens is 466 g/mol. The molecule has 1 fully saturated rings. The molecule has 1 N–H and O–H groups in total. The van der Waals surface area contributed by atoms with Crippen LogP contribution in [-0.4, -0.2) is 55.2 Å². The predicted octanol–water partition coefficient (Wildman–Crippen LogP) is 3.68. The number of hydrogen-bond donors (Lipinski definition) is 1. The fourth-order valence-corrected chi connectivity index (χ4v) is 4.28. The molecule has 4 rings (SSSR count). The second-order valence-electron chi connectivity index (χ2n) is 7.25. The molecule has 2 aliphatic heterocycles. The van der Waals surface area contributed by atoms with Crippen LogP contribution in [0, 0.1) is 0 Å². The number of Topliss-reactive ketones (excluding diaryl/α,β-unsaturated/α-hetero) is 1. The van der Waals surface area contributed by atoms with E-state index in [0.717, 1.165) is 10.0 Å². The first-order chi connectivity index (χ1) is 15.0. The number of carbonyl (C=O) groups is 2. The monoisotopic (exact) mass is 487 g/mol. The van der Waals surface area contributed by atoms with E-state index < -0.39 is 17.7 Å². The van der Waals surface area contributed by atoms with Crippen molar-refractivity contribution < 1.29 is 28.9 Å². The highest BCUT2D eigenvalue weighted by molar-refractivity contribution is 9.10. The summed E-state index contributed by atoms with van der Waals surface area (Å²) in [6.07, 6.45) is 0.568. The van der Waals surface area contributed by atoms with Crippen LogP contribution in [0.1, 0.15) is 23.6 Å². The number of likely N-dealkylation sites (tertiary alicyclic amines) is 1. The van der Waals surface area contributed by atoms with Crippen LogP contribution in [0.5, 0.6) is 11.5 Å². The molecule has 1 amide bonds. The van der Waals surface area contributed by atoms with Gasteiger partial charge in [0, 0.05) is 30.3 Å². The van der Waals surface area contributed by atoms with Crippen molar-refractivity contribution in [2.24, 2.45) is 0 Å². The van der Waals surface area contributed by atoms with Crippen LogP contribution in [0.4, 0.5) is 0 Å². The van der Waals surface area contributed by atoms with Crippen molar-refractivity contribution >= 4 is 33.4 Å². The Morgan fingerprint density at radius 1 is 1.16 bits per heavy atom. The van der Waals surface area contributed by atoms with Gasteiger partial charge in [0.25, 0.3) is 11.7 Å². The van der Waals surface area contributed by atoms with Gasteiger partial charge in [0.15, 0.2) is 11.5 Å². The first-order valence-electron chi connectivity index (χ1n) is 9.94. The number of halogens is 1. The van der Waals surface area contributed by atoms with Gasteiger partial charge in [-0.3, -0.25) is 9.59 Å². The third kappa shape index (κ3) is 4.18. The van der Waals surface area contributed by atoms with Crippen molar-refractivity contribution in [3.63, 3.8) is 0 Å². The summed E-state index contributed by atoms with van der Waals surface area (Å²) < 4.78 is 17.0. The van der Waals surface area contributed by atoms with Crippen LogP contribution in [0.15, 0.2) is 52.5 Å². The van der Waals surface area contributed by atoms with Gasteiger partial charge in [-0.2, -0.15) is 0 Å². The molecular formula is C23H22BrNO6. The lowest BCUT2D eigenvalue weighted by Crippen LogP contribution is -2.31. The standard InChI is InChI=1S/C23H22BrNO6/c1-29-9-3-8-25-20(14-4-2-5-16(24)12-14)19(22(27)23(25)28)21(26)15-6-7-17-18(13-15)31-11-10-30-17/h2,4-7,12-13,20,26H,3,8-11H2,1H3/t20-/m0/s1. The SMILES string of the molecule is COCCCN1C(=O)C(=O)C(=C(O)c2ccc3c(c2)OCCO3)[C@@H]1c1cccc(Br)c1. The summed E-state index contributed by atoms with van der Waals surface area (Å²) in [7, 11) is 1.59. The topological polar surface area (TPSA) is 85.3 Å². The van der Waals surface area contributed by atoms with Crippen LogP contribution in [0.3, 0.4) is 0 Å². The number of aliphatic hydroxyl groups excluding tert-OH is 1. The van der Waals surface area contributed by atoms with E-state index in [-0.39, 0.29) is 11.3 Å². The number of aliphatic hydroxyl groups is 1. The van der Waals surface area contributed by atoms with Gasteiger partial charge in [-0.15, -0.1) is 0 Å². The van der Waals surface area contributed by atoms with Crippen LogP contribution in [0.2, 0.25) is 0 Å². The molecule has 2 heterocycles. The zero-order chi connectivity index (χ0) is 22.0. The number of carbonyl (C=O) groups excluding carboxylic acids is 2. The fraction of sp³-hybridized carbons (Fsp3) is 0.304. The average molecular weight is 488 g/mol. The number of nitrogens with zero attached hydrogens (tertiary/aromatic N) is 1. The smallest absolute Gasteiger partial charge is 0.295 e. The minimum atomic E-state index is -0.713. The summed E-state index contributed by atoms with van der Waals surface area (Å²) in [5.74, 6) is -0.528. The van der Waals surface area contributed by atoms with Crippen LogP contribution in [0.25, 0.3) is 5.76 Å². The maximum atomic E-state index is 13.0. The zero-order valence-corrected chi connectivity index (χ0v) is 18.6. The lowest BCUT2D eigenvalue weighted by atomic mass is 9.95. The molecule has 0 saturated carbocycles.